The van der Waals surface area contributed by atoms with Gasteiger partial charge in [0.15, 0.2) is 5.60 Å². The SMILES string of the molecule is O=C(OC1CNC1)C(O)(c1ccccc1)C1CCC(F)(F)C1. The zero-order valence-corrected chi connectivity index (χ0v) is 12.1. The summed E-state index contributed by atoms with van der Waals surface area (Å²) >= 11 is 0. The first-order valence-corrected chi connectivity index (χ1v) is 7.49. The van der Waals surface area contributed by atoms with Crippen LogP contribution < -0.4 is 5.32 Å². The molecule has 0 spiro atoms. The molecule has 1 heterocycles. The van der Waals surface area contributed by atoms with Gasteiger partial charge in [-0.3, -0.25) is 0 Å². The Labute approximate surface area is 127 Å². The van der Waals surface area contributed by atoms with Crippen LogP contribution in [0.2, 0.25) is 0 Å². The Balaban J connectivity index is 1.89. The molecule has 3 rings (SSSR count). The summed E-state index contributed by atoms with van der Waals surface area (Å²) in [6.07, 6.45) is -1.03. The highest BCUT2D eigenvalue weighted by Crippen LogP contribution is 2.48. The average Bonchev–Trinajstić information content (AvgIpc) is 2.83. The molecule has 2 fully saturated rings. The molecule has 0 amide bonds. The predicted molar refractivity (Wildman–Crippen MR) is 75.4 cm³/mol. The van der Waals surface area contributed by atoms with E-state index in [0.29, 0.717) is 18.7 Å². The summed E-state index contributed by atoms with van der Waals surface area (Å²) in [4.78, 5) is 12.5. The number of carbonyl (C=O) groups excluding carboxylic acids is 1. The summed E-state index contributed by atoms with van der Waals surface area (Å²) < 4.78 is 32.4. The quantitative estimate of drug-likeness (QED) is 0.833. The molecule has 1 aromatic rings. The smallest absolute Gasteiger partial charge is 0.343 e. The fourth-order valence-electron chi connectivity index (χ4n) is 3.11. The molecule has 2 N–H and O–H groups in total. The number of esters is 1. The van der Waals surface area contributed by atoms with Crippen molar-refractivity contribution in [3.8, 4) is 0 Å². The van der Waals surface area contributed by atoms with Crippen molar-refractivity contribution in [2.24, 2.45) is 5.92 Å². The number of carbonyl (C=O) groups is 1. The minimum atomic E-state index is -2.84. The van der Waals surface area contributed by atoms with Crippen LogP contribution in [0.3, 0.4) is 0 Å². The van der Waals surface area contributed by atoms with Gasteiger partial charge in [-0.15, -0.1) is 0 Å². The summed E-state index contributed by atoms with van der Waals surface area (Å²) in [5, 5.41) is 14.0. The van der Waals surface area contributed by atoms with E-state index in [2.05, 4.69) is 5.32 Å². The second-order valence-corrected chi connectivity index (χ2v) is 6.11. The molecule has 1 saturated heterocycles. The van der Waals surface area contributed by atoms with Gasteiger partial charge in [-0.25, -0.2) is 13.6 Å². The molecular weight excluding hydrogens is 292 g/mol. The zero-order chi connectivity index (χ0) is 15.8. The van der Waals surface area contributed by atoms with E-state index in [9.17, 15) is 18.7 Å². The van der Waals surface area contributed by atoms with E-state index in [1.807, 2.05) is 0 Å². The van der Waals surface area contributed by atoms with Crippen LogP contribution in [0.25, 0.3) is 0 Å². The number of hydrogen-bond donors (Lipinski definition) is 2. The van der Waals surface area contributed by atoms with Crippen molar-refractivity contribution in [1.29, 1.82) is 0 Å². The lowest BCUT2D eigenvalue weighted by atomic mass is 9.80. The maximum atomic E-state index is 13.6. The molecule has 1 aliphatic carbocycles. The molecule has 2 aliphatic rings. The normalized spacial score (nSPS) is 27.0. The molecule has 4 nitrogen and oxygen atoms in total. The lowest BCUT2D eigenvalue weighted by Gasteiger charge is -2.35. The highest BCUT2D eigenvalue weighted by molar-refractivity contribution is 5.82. The average molecular weight is 311 g/mol. The number of aliphatic hydroxyl groups is 1. The summed E-state index contributed by atoms with van der Waals surface area (Å²) in [6, 6.07) is 8.25. The molecule has 1 aliphatic heterocycles. The predicted octanol–water partition coefficient (Wildman–Crippen LogP) is 1.82. The fraction of sp³-hybridized carbons (Fsp3) is 0.562. The molecule has 6 heteroatoms. The van der Waals surface area contributed by atoms with Gasteiger partial charge in [0.1, 0.15) is 6.10 Å². The van der Waals surface area contributed by atoms with Crippen LogP contribution in [0.1, 0.15) is 24.8 Å². The van der Waals surface area contributed by atoms with Crippen molar-refractivity contribution in [1.82, 2.24) is 5.32 Å². The molecule has 2 atom stereocenters. The van der Waals surface area contributed by atoms with Crippen LogP contribution in [0.5, 0.6) is 0 Å². The van der Waals surface area contributed by atoms with E-state index < -0.39 is 29.8 Å². The van der Waals surface area contributed by atoms with Gasteiger partial charge in [-0.1, -0.05) is 30.3 Å². The Morgan fingerprint density at radius 2 is 2.00 bits per heavy atom. The minimum Gasteiger partial charge on any atom is -0.457 e. The van der Waals surface area contributed by atoms with Crippen LogP contribution in [0.15, 0.2) is 30.3 Å². The van der Waals surface area contributed by atoms with Crippen molar-refractivity contribution in [2.45, 2.75) is 36.9 Å². The summed E-state index contributed by atoms with van der Waals surface area (Å²) in [5.74, 6) is -4.51. The summed E-state index contributed by atoms with van der Waals surface area (Å²) in [5.41, 5.74) is -1.70. The maximum absolute atomic E-state index is 13.6. The molecule has 22 heavy (non-hydrogen) atoms. The van der Waals surface area contributed by atoms with Gasteiger partial charge in [0, 0.05) is 31.8 Å². The van der Waals surface area contributed by atoms with Gasteiger partial charge in [0.05, 0.1) is 0 Å². The van der Waals surface area contributed by atoms with Crippen molar-refractivity contribution >= 4 is 5.97 Å². The number of rotatable bonds is 4. The Morgan fingerprint density at radius 1 is 1.32 bits per heavy atom. The third kappa shape index (κ3) is 2.73. The first-order chi connectivity index (χ1) is 10.4. The van der Waals surface area contributed by atoms with E-state index >= 15 is 0 Å². The van der Waals surface area contributed by atoms with Gasteiger partial charge in [0.2, 0.25) is 5.92 Å². The van der Waals surface area contributed by atoms with Crippen molar-refractivity contribution in [2.75, 3.05) is 13.1 Å². The van der Waals surface area contributed by atoms with Crippen LogP contribution >= 0.6 is 0 Å². The number of halogens is 2. The first-order valence-electron chi connectivity index (χ1n) is 7.49. The number of benzene rings is 1. The van der Waals surface area contributed by atoms with Gasteiger partial charge in [-0.05, 0) is 12.0 Å². The van der Waals surface area contributed by atoms with Gasteiger partial charge in [0.25, 0.3) is 0 Å². The Kier molecular flexibility index (Phi) is 3.91. The monoisotopic (exact) mass is 311 g/mol. The van der Waals surface area contributed by atoms with Crippen LogP contribution in [0.4, 0.5) is 8.78 Å². The lowest BCUT2D eigenvalue weighted by molar-refractivity contribution is -0.182. The van der Waals surface area contributed by atoms with Gasteiger partial charge < -0.3 is 15.2 Å². The van der Waals surface area contributed by atoms with E-state index in [1.165, 1.54) is 0 Å². The molecule has 1 saturated carbocycles. The highest BCUT2D eigenvalue weighted by Gasteiger charge is 2.54. The van der Waals surface area contributed by atoms with Crippen molar-refractivity contribution in [3.05, 3.63) is 35.9 Å². The van der Waals surface area contributed by atoms with Crippen molar-refractivity contribution in [3.63, 3.8) is 0 Å². The number of nitrogens with one attached hydrogen (secondary N) is 1. The van der Waals surface area contributed by atoms with E-state index in [1.54, 1.807) is 30.3 Å². The number of hydrogen-bond acceptors (Lipinski definition) is 4. The Morgan fingerprint density at radius 3 is 2.50 bits per heavy atom. The molecule has 0 radical (unpaired) electrons. The third-order valence-corrected chi connectivity index (χ3v) is 4.54. The van der Waals surface area contributed by atoms with E-state index in [-0.39, 0.29) is 18.9 Å². The Bertz CT molecular complexity index is 548. The maximum Gasteiger partial charge on any atom is 0.343 e. The molecule has 2 unspecified atom stereocenters. The fourth-order valence-corrected chi connectivity index (χ4v) is 3.11. The molecular formula is C16H19F2NO3. The van der Waals surface area contributed by atoms with Crippen LogP contribution in [-0.2, 0) is 15.1 Å². The second kappa shape index (κ2) is 5.59. The van der Waals surface area contributed by atoms with Crippen LogP contribution in [0, 0.1) is 5.92 Å². The number of ether oxygens (including phenoxy) is 1. The highest BCUT2D eigenvalue weighted by atomic mass is 19.3. The van der Waals surface area contributed by atoms with Crippen LogP contribution in [-0.4, -0.2) is 36.2 Å². The van der Waals surface area contributed by atoms with Gasteiger partial charge >= 0.3 is 5.97 Å². The zero-order valence-electron chi connectivity index (χ0n) is 12.1. The minimum absolute atomic E-state index is 0.0937. The molecule has 0 aromatic heterocycles. The van der Waals surface area contributed by atoms with E-state index in [4.69, 9.17) is 4.74 Å². The molecule has 1 aromatic carbocycles. The van der Waals surface area contributed by atoms with Crippen molar-refractivity contribution < 1.29 is 23.4 Å². The molecule has 0 bridgehead atoms. The largest absolute Gasteiger partial charge is 0.457 e. The second-order valence-electron chi connectivity index (χ2n) is 6.11. The third-order valence-electron chi connectivity index (χ3n) is 4.54. The summed E-state index contributed by atoms with van der Waals surface area (Å²) in [6.45, 7) is 1.05. The standard InChI is InChI=1S/C16H19F2NO3/c17-15(18)7-6-12(8-15)16(21,11-4-2-1-3-5-11)14(20)22-13-9-19-10-13/h1-5,12-13,19,21H,6-10H2. The molecule has 120 valence electrons. The first kappa shape index (κ1) is 15.4. The van der Waals surface area contributed by atoms with Gasteiger partial charge in [-0.2, -0.15) is 0 Å². The Hall–Kier alpha value is -1.53. The topological polar surface area (TPSA) is 58.6 Å². The van der Waals surface area contributed by atoms with E-state index in [0.717, 1.165) is 0 Å². The summed E-state index contributed by atoms with van der Waals surface area (Å²) in [7, 11) is 0. The lowest BCUT2D eigenvalue weighted by Crippen LogP contribution is -2.53. The number of alkyl halides is 2.